The fourth-order valence-corrected chi connectivity index (χ4v) is 5.90. The molecule has 0 N–H and O–H groups in total. The van der Waals surface area contributed by atoms with E-state index in [1.165, 1.54) is 0 Å². The van der Waals surface area contributed by atoms with Gasteiger partial charge in [0.2, 0.25) is 0 Å². The van der Waals surface area contributed by atoms with E-state index in [0.29, 0.717) is 0 Å². The largest absolute Gasteiger partial charge is 0.338 e. The van der Waals surface area contributed by atoms with Crippen molar-refractivity contribution in [3.8, 4) is 0 Å². The maximum Gasteiger partial charge on any atom is 0.108 e. The Bertz CT molecular complexity index is 1110. The number of benzene rings is 1. The van der Waals surface area contributed by atoms with Crippen molar-refractivity contribution in [1.29, 1.82) is 0 Å². The number of hydrogen-bond donors (Lipinski definition) is 0. The summed E-state index contributed by atoms with van der Waals surface area (Å²) in [4.78, 5) is 13.9. The van der Waals surface area contributed by atoms with Crippen LogP contribution in [-0.4, -0.2) is 28.7 Å². The number of imidazole rings is 3. The predicted molar refractivity (Wildman–Crippen MR) is 146 cm³/mol. The molecule has 0 atom stereocenters. The Kier molecular flexibility index (Phi) is 8.44. The lowest BCUT2D eigenvalue weighted by Crippen LogP contribution is -2.16. The average molecular weight is 487 g/mol. The van der Waals surface area contributed by atoms with Crippen LogP contribution in [0, 0.1) is 0 Å². The van der Waals surface area contributed by atoms with Crippen molar-refractivity contribution < 1.29 is 0 Å². The second kappa shape index (κ2) is 11.7. The molecule has 1 aromatic carbocycles. The predicted octanol–water partition coefficient (Wildman–Crippen LogP) is 4.93. The van der Waals surface area contributed by atoms with Gasteiger partial charge in [0.1, 0.15) is 17.5 Å². The van der Waals surface area contributed by atoms with Crippen LogP contribution in [0.1, 0.15) is 71.6 Å². The maximum absolute atomic E-state index is 4.62. The fourth-order valence-electron chi connectivity index (χ4n) is 5.90. The standard InChI is InChI=1S/C30H42N6/c1-7-22-25(10-13-28-31-16-19-34(28)4)23(8-2)27(12-15-30-33-18-21-36(30)6)24(9-3)26(22)11-14-29-32-17-20-35(29)5/h16-21H,7-15H2,1-6H3. The van der Waals surface area contributed by atoms with Gasteiger partial charge in [-0.05, 0) is 71.9 Å². The molecule has 6 nitrogen and oxygen atoms in total. The zero-order valence-corrected chi connectivity index (χ0v) is 23.0. The third kappa shape index (κ3) is 5.32. The van der Waals surface area contributed by atoms with E-state index in [4.69, 9.17) is 0 Å². The highest BCUT2D eigenvalue weighted by Crippen LogP contribution is 2.33. The number of rotatable bonds is 12. The summed E-state index contributed by atoms with van der Waals surface area (Å²) >= 11 is 0. The van der Waals surface area contributed by atoms with E-state index >= 15 is 0 Å². The maximum atomic E-state index is 4.62. The van der Waals surface area contributed by atoms with Crippen molar-refractivity contribution in [2.75, 3.05) is 0 Å². The molecule has 3 aromatic heterocycles. The van der Waals surface area contributed by atoms with Crippen LogP contribution in [0.2, 0.25) is 0 Å². The Morgan fingerprint density at radius 3 is 0.917 bits per heavy atom. The zero-order valence-electron chi connectivity index (χ0n) is 23.0. The molecule has 0 unspecified atom stereocenters. The summed E-state index contributed by atoms with van der Waals surface area (Å²) < 4.78 is 6.46. The first-order valence-electron chi connectivity index (χ1n) is 13.5. The van der Waals surface area contributed by atoms with Crippen LogP contribution in [0.15, 0.2) is 37.2 Å². The van der Waals surface area contributed by atoms with Crippen molar-refractivity contribution in [1.82, 2.24) is 28.7 Å². The summed E-state index contributed by atoms with van der Waals surface area (Å²) in [5.74, 6) is 3.47. The zero-order chi connectivity index (χ0) is 25.7. The lowest BCUT2D eigenvalue weighted by Gasteiger charge is -2.26. The highest BCUT2D eigenvalue weighted by Gasteiger charge is 2.22. The van der Waals surface area contributed by atoms with Gasteiger partial charge in [-0.1, -0.05) is 20.8 Å². The van der Waals surface area contributed by atoms with Crippen LogP contribution >= 0.6 is 0 Å². The van der Waals surface area contributed by atoms with Gasteiger partial charge in [-0.3, -0.25) is 0 Å². The van der Waals surface area contributed by atoms with E-state index in [2.05, 4.69) is 70.6 Å². The monoisotopic (exact) mass is 486 g/mol. The van der Waals surface area contributed by atoms with Gasteiger partial charge in [-0.15, -0.1) is 0 Å². The summed E-state index contributed by atoms with van der Waals surface area (Å²) in [7, 11) is 6.29. The molecule has 0 radical (unpaired) electrons. The smallest absolute Gasteiger partial charge is 0.108 e. The Hall–Kier alpha value is -3.15. The number of nitrogens with zero attached hydrogens (tertiary/aromatic N) is 6. The van der Waals surface area contributed by atoms with Gasteiger partial charge in [-0.25, -0.2) is 15.0 Å². The average Bonchev–Trinajstić information content (AvgIpc) is 3.60. The highest BCUT2D eigenvalue weighted by atomic mass is 15.0. The molecule has 0 amide bonds. The Morgan fingerprint density at radius 2 is 0.722 bits per heavy atom. The molecule has 0 aliphatic carbocycles. The van der Waals surface area contributed by atoms with Gasteiger partial charge < -0.3 is 13.7 Å². The topological polar surface area (TPSA) is 53.5 Å². The highest BCUT2D eigenvalue weighted by molar-refractivity contribution is 5.53. The van der Waals surface area contributed by atoms with Crippen LogP contribution in [0.4, 0.5) is 0 Å². The molecular formula is C30H42N6. The first-order valence-corrected chi connectivity index (χ1v) is 13.5. The van der Waals surface area contributed by atoms with Crippen LogP contribution in [-0.2, 0) is 78.9 Å². The summed E-state index contributed by atoms with van der Waals surface area (Å²) in [6.45, 7) is 6.99. The SMILES string of the molecule is CCc1c(CCc2nccn2C)c(CC)c(CCc2nccn2C)c(CC)c1CCc1nccn1C. The summed E-state index contributed by atoms with van der Waals surface area (Å²) in [5, 5.41) is 0. The number of aromatic nitrogens is 6. The fraction of sp³-hybridized carbons (Fsp3) is 0.500. The Balaban J connectivity index is 1.79. The third-order valence-electron chi connectivity index (χ3n) is 7.81. The van der Waals surface area contributed by atoms with Crippen LogP contribution in [0.3, 0.4) is 0 Å². The lowest BCUT2D eigenvalue weighted by atomic mass is 9.79. The van der Waals surface area contributed by atoms with Crippen molar-refractivity contribution in [3.05, 3.63) is 88.0 Å². The molecule has 0 aliphatic heterocycles. The van der Waals surface area contributed by atoms with Crippen molar-refractivity contribution in [2.24, 2.45) is 21.1 Å². The van der Waals surface area contributed by atoms with E-state index in [1.54, 1.807) is 33.4 Å². The molecular weight excluding hydrogens is 444 g/mol. The van der Waals surface area contributed by atoms with Crippen LogP contribution < -0.4 is 0 Å². The summed E-state index contributed by atoms with van der Waals surface area (Å²) in [5.41, 5.74) is 9.37. The number of hydrogen-bond acceptors (Lipinski definition) is 3. The first kappa shape index (κ1) is 25.9. The molecule has 6 heteroatoms. The minimum absolute atomic E-state index is 0.965. The van der Waals surface area contributed by atoms with Gasteiger partial charge in [0.15, 0.2) is 0 Å². The van der Waals surface area contributed by atoms with Crippen LogP contribution in [0.25, 0.3) is 0 Å². The van der Waals surface area contributed by atoms with Gasteiger partial charge >= 0.3 is 0 Å². The quantitative estimate of drug-likeness (QED) is 0.285. The lowest BCUT2D eigenvalue weighted by molar-refractivity contribution is 0.731. The van der Waals surface area contributed by atoms with E-state index in [9.17, 15) is 0 Å². The van der Waals surface area contributed by atoms with E-state index < -0.39 is 0 Å². The van der Waals surface area contributed by atoms with Crippen molar-refractivity contribution in [2.45, 2.75) is 78.6 Å². The minimum atomic E-state index is 0.965. The normalized spacial score (nSPS) is 11.5. The van der Waals surface area contributed by atoms with Crippen molar-refractivity contribution in [3.63, 3.8) is 0 Å². The van der Waals surface area contributed by atoms with E-state index in [-0.39, 0.29) is 0 Å². The summed E-state index contributed by atoms with van der Waals surface area (Å²) in [6.07, 6.45) is 21.1. The third-order valence-corrected chi connectivity index (χ3v) is 7.81. The molecule has 4 rings (SSSR count). The molecule has 0 spiro atoms. The second-order valence-electron chi connectivity index (χ2n) is 9.80. The number of aryl methyl sites for hydroxylation is 6. The van der Waals surface area contributed by atoms with Gasteiger partial charge in [0.05, 0.1) is 0 Å². The summed E-state index contributed by atoms with van der Waals surface area (Å²) in [6, 6.07) is 0. The molecule has 3 heterocycles. The van der Waals surface area contributed by atoms with Crippen LogP contribution in [0.5, 0.6) is 0 Å². The van der Waals surface area contributed by atoms with Gasteiger partial charge in [0, 0.05) is 77.6 Å². The molecule has 4 aromatic rings. The van der Waals surface area contributed by atoms with E-state index in [1.807, 2.05) is 37.2 Å². The molecule has 192 valence electrons. The second-order valence-corrected chi connectivity index (χ2v) is 9.80. The Labute approximate surface area is 216 Å². The Morgan fingerprint density at radius 1 is 0.444 bits per heavy atom. The molecule has 0 saturated carbocycles. The first-order chi connectivity index (χ1) is 17.5. The van der Waals surface area contributed by atoms with Gasteiger partial charge in [0.25, 0.3) is 0 Å². The molecule has 0 bridgehead atoms. The van der Waals surface area contributed by atoms with E-state index in [0.717, 1.165) is 75.3 Å². The molecule has 0 aliphatic rings. The molecule has 36 heavy (non-hydrogen) atoms. The minimum Gasteiger partial charge on any atom is -0.338 e. The molecule has 0 fully saturated rings. The van der Waals surface area contributed by atoms with Gasteiger partial charge in [-0.2, -0.15) is 0 Å². The van der Waals surface area contributed by atoms with Crippen molar-refractivity contribution >= 4 is 0 Å². The molecule has 0 saturated heterocycles.